The van der Waals surface area contributed by atoms with Crippen molar-refractivity contribution in [3.05, 3.63) is 95.6 Å². The Morgan fingerprint density at radius 2 is 1.52 bits per heavy atom. The van der Waals surface area contributed by atoms with E-state index in [1.165, 1.54) is 23.4 Å². The Kier molecular flexibility index (Phi) is 7.48. The van der Waals surface area contributed by atoms with E-state index in [9.17, 15) is 13.9 Å². The highest BCUT2D eigenvalue weighted by molar-refractivity contribution is 7.73. The number of hydrogen-bond donors (Lipinski definition) is 0. The first-order chi connectivity index (χ1) is 15.9. The van der Waals surface area contributed by atoms with E-state index in [-0.39, 0.29) is 6.54 Å². The van der Waals surface area contributed by atoms with E-state index in [0.29, 0.717) is 25.9 Å². The number of carbonyl (C=O) groups is 1. The minimum atomic E-state index is -3.69. The molecule has 2 aromatic carbocycles. The maximum Gasteiger partial charge on any atom is 0.323 e. The first-order valence-corrected chi connectivity index (χ1v) is 14.2. The van der Waals surface area contributed by atoms with Crippen LogP contribution in [0.3, 0.4) is 0 Å². The summed E-state index contributed by atoms with van der Waals surface area (Å²) in [6, 6.07) is 18.6. The molecule has 0 saturated heterocycles. The van der Waals surface area contributed by atoms with Gasteiger partial charge in [0.2, 0.25) is 0 Å². The number of nitrogens with zero attached hydrogens (tertiary/aromatic N) is 2. The molecule has 0 amide bonds. The van der Waals surface area contributed by atoms with Gasteiger partial charge in [-0.25, -0.2) is 13.7 Å². The summed E-state index contributed by atoms with van der Waals surface area (Å²) in [5, 5.41) is 0. The molecule has 0 spiro atoms. The first-order valence-electron chi connectivity index (χ1n) is 10.9. The zero-order chi connectivity index (χ0) is 23.3. The molecule has 7 nitrogen and oxygen atoms in total. The molecule has 3 atom stereocenters. The molecule has 4 rings (SSSR count). The predicted molar refractivity (Wildman–Crippen MR) is 129 cm³/mol. The minimum absolute atomic E-state index is 0.248. The largest absolute Gasteiger partial charge is 0.468 e. The van der Waals surface area contributed by atoms with Gasteiger partial charge in [0.05, 0.1) is 7.11 Å². The predicted octanol–water partition coefficient (Wildman–Crippen LogP) is 5.07. The van der Waals surface area contributed by atoms with E-state index in [1.807, 2.05) is 60.7 Å². The van der Waals surface area contributed by atoms with Crippen LogP contribution < -0.4 is 0 Å². The van der Waals surface area contributed by atoms with Crippen molar-refractivity contribution in [2.45, 2.75) is 18.9 Å². The molecule has 0 saturated carbocycles. The summed E-state index contributed by atoms with van der Waals surface area (Å²) >= 11 is 0. The standard InChI is InChI=1S/C24H28N2O5P2/c1-30-24(27)23(20-22-12-6-3-7-13-22)26-16-9-19-33(26,29)31-32(28)18-8-15-25(32)17-14-21-10-4-2-5-11-21/h2-13,18-19,23H,14-17,20H2,1H3/t23-,32+,33-/m0/s1. The Balaban J connectivity index is 1.52. The molecule has 33 heavy (non-hydrogen) atoms. The van der Waals surface area contributed by atoms with Gasteiger partial charge in [0, 0.05) is 31.3 Å². The van der Waals surface area contributed by atoms with Crippen LogP contribution in [0.15, 0.2) is 84.4 Å². The van der Waals surface area contributed by atoms with Crippen LogP contribution in [0.5, 0.6) is 0 Å². The highest BCUT2D eigenvalue weighted by atomic mass is 31.2. The zero-order valence-corrected chi connectivity index (χ0v) is 20.3. The van der Waals surface area contributed by atoms with E-state index in [1.54, 1.807) is 16.8 Å². The second kappa shape index (κ2) is 10.3. The van der Waals surface area contributed by atoms with Crippen LogP contribution in [0.1, 0.15) is 11.1 Å². The van der Waals surface area contributed by atoms with E-state index in [2.05, 4.69) is 0 Å². The van der Waals surface area contributed by atoms with Gasteiger partial charge in [0.25, 0.3) is 0 Å². The Bertz CT molecular complexity index is 1120. The van der Waals surface area contributed by atoms with Crippen molar-refractivity contribution < 1.29 is 23.0 Å². The van der Waals surface area contributed by atoms with Crippen molar-refractivity contribution >= 4 is 21.0 Å². The van der Waals surface area contributed by atoms with E-state index < -0.39 is 27.1 Å². The van der Waals surface area contributed by atoms with Gasteiger partial charge < -0.3 is 4.74 Å². The molecule has 0 radical (unpaired) electrons. The highest BCUT2D eigenvalue weighted by Gasteiger charge is 2.47. The molecule has 0 bridgehead atoms. The lowest BCUT2D eigenvalue weighted by atomic mass is 10.1. The third kappa shape index (κ3) is 5.46. The maximum atomic E-state index is 14.0. The number of benzene rings is 2. The summed E-state index contributed by atoms with van der Waals surface area (Å²) in [4.78, 5) is 12.7. The van der Waals surface area contributed by atoms with Crippen molar-refractivity contribution in [3.63, 3.8) is 0 Å². The summed E-state index contributed by atoms with van der Waals surface area (Å²) in [6.45, 7) is 1.21. The lowest BCUT2D eigenvalue weighted by Gasteiger charge is -2.33. The smallest absolute Gasteiger partial charge is 0.323 e. The van der Waals surface area contributed by atoms with Crippen LogP contribution in [0.2, 0.25) is 0 Å². The topological polar surface area (TPSA) is 76.1 Å². The lowest BCUT2D eigenvalue weighted by molar-refractivity contribution is -0.145. The molecular formula is C24H28N2O5P2. The Morgan fingerprint density at radius 3 is 2.18 bits per heavy atom. The van der Waals surface area contributed by atoms with Gasteiger partial charge in [-0.3, -0.25) is 13.9 Å². The summed E-state index contributed by atoms with van der Waals surface area (Å²) in [5.41, 5.74) is 2.03. The van der Waals surface area contributed by atoms with Gasteiger partial charge in [-0.05, 0) is 24.0 Å². The number of rotatable bonds is 9. The highest BCUT2D eigenvalue weighted by Crippen LogP contribution is 2.71. The van der Waals surface area contributed by atoms with Crippen LogP contribution in [0, 0.1) is 0 Å². The number of carbonyl (C=O) groups excluding carboxylic acids is 1. The molecule has 2 aliphatic rings. The quantitative estimate of drug-likeness (QED) is 0.362. The summed E-state index contributed by atoms with van der Waals surface area (Å²) in [5.74, 6) is 2.47. The summed E-state index contributed by atoms with van der Waals surface area (Å²) in [7, 11) is -5.87. The number of esters is 1. The van der Waals surface area contributed by atoms with Gasteiger partial charge in [0.1, 0.15) is 6.04 Å². The van der Waals surface area contributed by atoms with Gasteiger partial charge in [-0.15, -0.1) is 0 Å². The fourth-order valence-corrected chi connectivity index (χ4v) is 9.29. The molecule has 2 aliphatic heterocycles. The first kappa shape index (κ1) is 23.9. The summed E-state index contributed by atoms with van der Waals surface area (Å²) in [6.07, 6.45) is 4.48. The van der Waals surface area contributed by atoms with Crippen LogP contribution in [0.25, 0.3) is 0 Å². The lowest BCUT2D eigenvalue weighted by Crippen LogP contribution is -2.40. The van der Waals surface area contributed by atoms with Gasteiger partial charge >= 0.3 is 21.0 Å². The molecule has 2 aromatic rings. The molecule has 0 unspecified atom stereocenters. The molecular weight excluding hydrogens is 458 g/mol. The van der Waals surface area contributed by atoms with Crippen LogP contribution in [0.4, 0.5) is 0 Å². The summed E-state index contributed by atoms with van der Waals surface area (Å²) < 4.78 is 41.9. The minimum Gasteiger partial charge on any atom is -0.468 e. The molecule has 0 aromatic heterocycles. The van der Waals surface area contributed by atoms with E-state index in [4.69, 9.17) is 9.05 Å². The van der Waals surface area contributed by atoms with Gasteiger partial charge in [0.15, 0.2) is 0 Å². The second-order valence-corrected chi connectivity index (χ2v) is 12.6. The molecule has 0 N–H and O–H groups in total. The van der Waals surface area contributed by atoms with Crippen molar-refractivity contribution in [2.75, 3.05) is 26.7 Å². The van der Waals surface area contributed by atoms with Gasteiger partial charge in [-0.1, -0.05) is 72.8 Å². The monoisotopic (exact) mass is 486 g/mol. The number of methoxy groups -OCH3 is 1. The molecule has 9 heteroatoms. The zero-order valence-electron chi connectivity index (χ0n) is 18.5. The fourth-order valence-electron chi connectivity index (χ4n) is 4.06. The number of hydrogen-bond acceptors (Lipinski definition) is 5. The molecule has 2 heterocycles. The SMILES string of the molecule is COC(=O)[C@H](Cc1ccccc1)N1CC=C[P@]1(=O)O[P@]1(=O)C=CCN1CCc1ccccc1. The average Bonchev–Trinajstić information content (AvgIpc) is 3.38. The molecule has 0 fully saturated rings. The normalized spacial score (nSPS) is 26.0. The van der Waals surface area contributed by atoms with Crippen molar-refractivity contribution in [1.82, 2.24) is 9.34 Å². The van der Waals surface area contributed by atoms with Crippen LogP contribution in [-0.2, 0) is 35.8 Å². The Morgan fingerprint density at radius 1 is 0.909 bits per heavy atom. The molecule has 174 valence electrons. The van der Waals surface area contributed by atoms with Crippen molar-refractivity contribution in [2.24, 2.45) is 0 Å². The second-order valence-electron chi connectivity index (χ2n) is 7.98. The molecule has 0 aliphatic carbocycles. The van der Waals surface area contributed by atoms with Crippen molar-refractivity contribution in [3.8, 4) is 0 Å². The van der Waals surface area contributed by atoms with Gasteiger partial charge in [-0.2, -0.15) is 0 Å². The van der Waals surface area contributed by atoms with Crippen LogP contribution in [-0.4, -0.2) is 48.1 Å². The van der Waals surface area contributed by atoms with E-state index in [0.717, 1.165) is 11.1 Å². The average molecular weight is 486 g/mol. The third-order valence-corrected chi connectivity index (χ3v) is 11.1. The van der Waals surface area contributed by atoms with Crippen LogP contribution >= 0.6 is 15.0 Å². The van der Waals surface area contributed by atoms with E-state index >= 15 is 0 Å². The maximum absolute atomic E-state index is 14.0. The van der Waals surface area contributed by atoms with Crippen molar-refractivity contribution in [1.29, 1.82) is 0 Å². The fraction of sp³-hybridized carbons (Fsp3) is 0.292. The Hall–Kier alpha value is -2.27. The third-order valence-electron chi connectivity index (χ3n) is 5.79. The Labute approximate surface area is 194 Å². The number of ether oxygens (including phenoxy) is 1.